The van der Waals surface area contributed by atoms with Crippen LogP contribution in [0.5, 0.6) is 11.5 Å². The van der Waals surface area contributed by atoms with Crippen molar-refractivity contribution < 1.29 is 18.7 Å². The van der Waals surface area contributed by atoms with Crippen molar-refractivity contribution in [1.29, 1.82) is 0 Å². The first-order chi connectivity index (χ1) is 15.9. The van der Waals surface area contributed by atoms with Crippen molar-refractivity contribution in [3.63, 3.8) is 0 Å². The Hall–Kier alpha value is -3.17. The van der Waals surface area contributed by atoms with Gasteiger partial charge in [-0.2, -0.15) is 0 Å². The van der Waals surface area contributed by atoms with E-state index in [4.69, 9.17) is 21.1 Å². The Morgan fingerprint density at radius 2 is 2.09 bits per heavy atom. The van der Waals surface area contributed by atoms with Gasteiger partial charge in [0.2, 0.25) is 5.91 Å². The molecule has 1 fully saturated rings. The summed E-state index contributed by atoms with van der Waals surface area (Å²) in [6.07, 6.45) is 2.51. The summed E-state index contributed by atoms with van der Waals surface area (Å²) in [6.45, 7) is 0.725. The van der Waals surface area contributed by atoms with Gasteiger partial charge in [0, 0.05) is 31.5 Å². The highest BCUT2D eigenvalue weighted by Gasteiger charge is 2.32. The van der Waals surface area contributed by atoms with Crippen LogP contribution in [0.2, 0.25) is 5.02 Å². The molecule has 1 saturated heterocycles. The Kier molecular flexibility index (Phi) is 6.80. The van der Waals surface area contributed by atoms with Gasteiger partial charge in [0.05, 0.1) is 29.4 Å². The number of likely N-dealkylation sites (N-methyl/N-ethyl adjacent to an activating group) is 2. The van der Waals surface area contributed by atoms with E-state index in [9.17, 15) is 9.18 Å². The Bertz CT molecular complexity index is 1180. The lowest BCUT2D eigenvalue weighted by molar-refractivity contribution is -0.127. The number of rotatable bonds is 6. The third-order valence-corrected chi connectivity index (χ3v) is 6.08. The molecule has 1 aliphatic rings. The van der Waals surface area contributed by atoms with Crippen molar-refractivity contribution in [1.82, 2.24) is 20.2 Å². The topological polar surface area (TPSA) is 88.6 Å². The van der Waals surface area contributed by atoms with Gasteiger partial charge in [0.15, 0.2) is 17.3 Å². The number of anilines is 2. The highest BCUT2D eigenvalue weighted by Crippen LogP contribution is 2.37. The van der Waals surface area contributed by atoms with Crippen molar-refractivity contribution in [3.8, 4) is 11.5 Å². The number of ether oxygens (including phenoxy) is 2. The Morgan fingerprint density at radius 3 is 2.85 bits per heavy atom. The molecule has 33 heavy (non-hydrogen) atoms. The SMILES string of the molecule is CNC(=O)[C@H]1C[C@@H](Oc2cc3c(Nc4cccc(Cl)c4F)ncnc3cc2OC)CCN1C. The second-order valence-electron chi connectivity index (χ2n) is 7.84. The van der Waals surface area contributed by atoms with Gasteiger partial charge in [-0.05, 0) is 31.7 Å². The average Bonchev–Trinajstić information content (AvgIpc) is 2.82. The summed E-state index contributed by atoms with van der Waals surface area (Å²) in [5.41, 5.74) is 0.801. The molecule has 0 saturated carbocycles. The molecule has 2 atom stereocenters. The second kappa shape index (κ2) is 9.76. The summed E-state index contributed by atoms with van der Waals surface area (Å²) in [7, 11) is 5.11. The minimum Gasteiger partial charge on any atom is -0.493 e. The largest absolute Gasteiger partial charge is 0.493 e. The molecule has 2 aromatic carbocycles. The van der Waals surface area contributed by atoms with E-state index >= 15 is 0 Å². The van der Waals surface area contributed by atoms with Crippen LogP contribution in [0.25, 0.3) is 10.9 Å². The zero-order valence-corrected chi connectivity index (χ0v) is 19.3. The van der Waals surface area contributed by atoms with Crippen molar-refractivity contribution >= 4 is 39.9 Å². The number of methoxy groups -OCH3 is 1. The van der Waals surface area contributed by atoms with Crippen molar-refractivity contribution in [2.24, 2.45) is 0 Å². The number of fused-ring (bicyclic) bond motifs is 1. The number of piperidine rings is 1. The predicted octanol–water partition coefficient (Wildman–Crippen LogP) is 3.76. The molecule has 3 aromatic rings. The Labute approximate surface area is 196 Å². The Morgan fingerprint density at radius 1 is 1.27 bits per heavy atom. The zero-order valence-electron chi connectivity index (χ0n) is 18.6. The number of benzene rings is 2. The molecule has 1 amide bonds. The normalized spacial score (nSPS) is 18.7. The highest BCUT2D eigenvalue weighted by atomic mass is 35.5. The van der Waals surface area contributed by atoms with Gasteiger partial charge in [-0.15, -0.1) is 0 Å². The fourth-order valence-corrected chi connectivity index (χ4v) is 4.13. The predicted molar refractivity (Wildman–Crippen MR) is 125 cm³/mol. The number of amides is 1. The quantitative estimate of drug-likeness (QED) is 0.563. The number of halogens is 2. The van der Waals surface area contributed by atoms with Crippen LogP contribution in [0.3, 0.4) is 0 Å². The summed E-state index contributed by atoms with van der Waals surface area (Å²) < 4.78 is 26.3. The van der Waals surface area contributed by atoms with Gasteiger partial charge in [-0.1, -0.05) is 17.7 Å². The number of hydrogen-bond acceptors (Lipinski definition) is 7. The van der Waals surface area contributed by atoms with Crippen LogP contribution in [0.15, 0.2) is 36.7 Å². The third-order valence-electron chi connectivity index (χ3n) is 5.79. The molecule has 0 bridgehead atoms. The van der Waals surface area contributed by atoms with Gasteiger partial charge in [0.25, 0.3) is 0 Å². The van der Waals surface area contributed by atoms with Crippen molar-refractivity contribution in [2.45, 2.75) is 25.0 Å². The van der Waals surface area contributed by atoms with E-state index in [1.165, 1.54) is 12.4 Å². The number of nitrogens with one attached hydrogen (secondary N) is 2. The molecule has 1 aliphatic heterocycles. The smallest absolute Gasteiger partial charge is 0.237 e. The number of hydrogen-bond donors (Lipinski definition) is 2. The minimum absolute atomic E-state index is 0.0111. The summed E-state index contributed by atoms with van der Waals surface area (Å²) in [4.78, 5) is 22.9. The molecule has 2 heterocycles. The van der Waals surface area contributed by atoms with Gasteiger partial charge >= 0.3 is 0 Å². The highest BCUT2D eigenvalue weighted by molar-refractivity contribution is 6.31. The first-order valence-electron chi connectivity index (χ1n) is 10.5. The monoisotopic (exact) mass is 473 g/mol. The maximum Gasteiger partial charge on any atom is 0.237 e. The molecule has 0 aliphatic carbocycles. The van der Waals surface area contributed by atoms with E-state index in [0.717, 1.165) is 13.0 Å². The van der Waals surface area contributed by atoms with Crippen LogP contribution in [0.4, 0.5) is 15.9 Å². The first kappa shape index (κ1) is 23.0. The van der Waals surface area contributed by atoms with E-state index in [1.54, 1.807) is 38.4 Å². The van der Waals surface area contributed by atoms with E-state index in [-0.39, 0.29) is 28.8 Å². The van der Waals surface area contributed by atoms with Crippen LogP contribution < -0.4 is 20.1 Å². The lowest BCUT2D eigenvalue weighted by atomic mass is 9.99. The molecule has 2 N–H and O–H groups in total. The minimum atomic E-state index is -0.567. The zero-order chi connectivity index (χ0) is 23.5. The molecule has 4 rings (SSSR count). The lowest BCUT2D eigenvalue weighted by Gasteiger charge is -2.36. The Balaban J connectivity index is 1.66. The van der Waals surface area contributed by atoms with Crippen LogP contribution >= 0.6 is 11.6 Å². The van der Waals surface area contributed by atoms with Gasteiger partial charge < -0.3 is 20.1 Å². The van der Waals surface area contributed by atoms with E-state index < -0.39 is 5.82 Å². The molecule has 8 nitrogen and oxygen atoms in total. The number of carbonyl (C=O) groups excluding carboxylic acids is 1. The van der Waals surface area contributed by atoms with E-state index in [0.29, 0.717) is 34.6 Å². The van der Waals surface area contributed by atoms with Crippen molar-refractivity contribution in [3.05, 3.63) is 47.5 Å². The summed E-state index contributed by atoms with van der Waals surface area (Å²) in [5.74, 6) is 0.804. The molecule has 0 unspecified atom stereocenters. The molecule has 174 valence electrons. The molecule has 10 heteroatoms. The fraction of sp³-hybridized carbons (Fsp3) is 0.348. The molecular formula is C23H25ClFN5O3. The first-order valence-corrected chi connectivity index (χ1v) is 10.9. The molecular weight excluding hydrogens is 449 g/mol. The van der Waals surface area contributed by atoms with Crippen LogP contribution in [0.1, 0.15) is 12.8 Å². The maximum atomic E-state index is 14.4. The standard InChI is InChI=1S/C23H25ClFN5O3/c1-26-23(31)18-9-13(7-8-30(18)2)33-20-10-14-17(11-19(20)32-3)27-12-28-22(14)29-16-6-4-5-15(24)21(16)25/h4-6,10-13,18H,7-9H2,1-3H3,(H,26,31)(H,27,28,29)/t13-,18+/m0/s1. The number of aromatic nitrogens is 2. The van der Waals surface area contributed by atoms with Crippen molar-refractivity contribution in [2.75, 3.05) is 33.1 Å². The lowest BCUT2D eigenvalue weighted by Crippen LogP contribution is -2.51. The van der Waals surface area contributed by atoms with Gasteiger partial charge in [0.1, 0.15) is 18.2 Å². The summed E-state index contributed by atoms with van der Waals surface area (Å²) in [6, 6.07) is 7.95. The third kappa shape index (κ3) is 4.79. The molecule has 1 aromatic heterocycles. The molecule has 0 spiro atoms. The number of nitrogens with zero attached hydrogens (tertiary/aromatic N) is 3. The second-order valence-corrected chi connectivity index (χ2v) is 8.25. The number of likely N-dealkylation sites (tertiary alicyclic amines) is 1. The van der Waals surface area contributed by atoms with Gasteiger partial charge in [-0.25, -0.2) is 14.4 Å². The number of carbonyl (C=O) groups is 1. The summed E-state index contributed by atoms with van der Waals surface area (Å²) >= 11 is 5.91. The van der Waals surface area contributed by atoms with E-state index in [1.807, 2.05) is 11.9 Å². The van der Waals surface area contributed by atoms with Crippen LogP contribution in [0, 0.1) is 5.82 Å². The van der Waals surface area contributed by atoms with Crippen LogP contribution in [-0.4, -0.2) is 60.7 Å². The summed E-state index contributed by atoms with van der Waals surface area (Å²) in [5, 5.41) is 6.34. The van der Waals surface area contributed by atoms with E-state index in [2.05, 4.69) is 20.6 Å². The molecule has 0 radical (unpaired) electrons. The maximum absolute atomic E-state index is 14.4. The fourth-order valence-electron chi connectivity index (χ4n) is 3.95. The van der Waals surface area contributed by atoms with Crippen LogP contribution in [-0.2, 0) is 4.79 Å². The van der Waals surface area contributed by atoms with Gasteiger partial charge in [-0.3, -0.25) is 9.69 Å². The average molecular weight is 474 g/mol.